The Bertz CT molecular complexity index is 2780. The van der Waals surface area contributed by atoms with Crippen molar-refractivity contribution in [1.82, 2.24) is 4.98 Å². The minimum absolute atomic E-state index is 0.643. The van der Waals surface area contributed by atoms with E-state index in [-0.39, 0.29) is 0 Å². The van der Waals surface area contributed by atoms with Crippen LogP contribution in [-0.2, 0) is 0 Å². The third kappa shape index (κ3) is 4.25. The van der Waals surface area contributed by atoms with E-state index in [1.807, 2.05) is 36.4 Å². The van der Waals surface area contributed by atoms with Crippen LogP contribution in [0.3, 0.4) is 0 Å². The molecule has 0 amide bonds. The molecule has 3 heterocycles. The van der Waals surface area contributed by atoms with Gasteiger partial charge in [-0.05, 0) is 72.3 Å². The Labute approximate surface area is 279 Å². The summed E-state index contributed by atoms with van der Waals surface area (Å²) in [5, 5.41) is 4.55. The number of nitrogens with zero attached hydrogens (tertiary/aromatic N) is 2. The average molecular weight is 635 g/mol. The summed E-state index contributed by atoms with van der Waals surface area (Å²) in [4.78, 5) is 7.22. The number of thiophene rings is 1. The van der Waals surface area contributed by atoms with Gasteiger partial charge in [-0.1, -0.05) is 91.0 Å². The van der Waals surface area contributed by atoms with Crippen molar-refractivity contribution in [2.75, 3.05) is 4.90 Å². The van der Waals surface area contributed by atoms with Crippen LogP contribution in [0.1, 0.15) is 0 Å². The molecule has 5 heteroatoms. The number of oxazole rings is 1. The van der Waals surface area contributed by atoms with Gasteiger partial charge in [0, 0.05) is 53.4 Å². The molecular formula is C43H26N2O2S. The number of hydrogen-bond donors (Lipinski definition) is 0. The lowest BCUT2D eigenvalue weighted by molar-refractivity contribution is 0.620. The largest absolute Gasteiger partial charge is 0.456 e. The molecule has 0 aliphatic rings. The van der Waals surface area contributed by atoms with Crippen LogP contribution in [0, 0.1) is 0 Å². The Morgan fingerprint density at radius 3 is 2.12 bits per heavy atom. The molecule has 10 aromatic rings. The minimum atomic E-state index is 0.643. The Kier molecular flexibility index (Phi) is 6.01. The summed E-state index contributed by atoms with van der Waals surface area (Å²) in [6.45, 7) is 0. The Morgan fingerprint density at radius 2 is 1.21 bits per heavy atom. The standard InChI is InChI=1S/C43H26N2O2S/c1-2-11-27(12-3-1)30-13-4-7-17-36(30)45(28-22-24-38-34(25-28)31-14-5-8-18-37(31)46-38)29-21-23-32-41(26-29)48-40-20-10-15-33(42(32)40)43-44-35-16-6-9-19-39(35)47-43/h1-26H. The minimum Gasteiger partial charge on any atom is -0.456 e. The van der Waals surface area contributed by atoms with Crippen LogP contribution in [0.4, 0.5) is 17.1 Å². The summed E-state index contributed by atoms with van der Waals surface area (Å²) in [5.74, 6) is 0.643. The van der Waals surface area contributed by atoms with Gasteiger partial charge in [-0.25, -0.2) is 4.98 Å². The van der Waals surface area contributed by atoms with Crippen LogP contribution in [0.2, 0.25) is 0 Å². The predicted molar refractivity (Wildman–Crippen MR) is 200 cm³/mol. The Balaban J connectivity index is 1.20. The summed E-state index contributed by atoms with van der Waals surface area (Å²) in [6, 6.07) is 55.1. The molecule has 0 saturated carbocycles. The lowest BCUT2D eigenvalue weighted by Gasteiger charge is -2.28. The molecule has 4 nitrogen and oxygen atoms in total. The third-order valence-electron chi connectivity index (χ3n) is 9.11. The summed E-state index contributed by atoms with van der Waals surface area (Å²) >= 11 is 1.79. The highest BCUT2D eigenvalue weighted by Gasteiger charge is 2.21. The van der Waals surface area contributed by atoms with Gasteiger partial charge < -0.3 is 13.7 Å². The molecule has 0 bridgehead atoms. The highest BCUT2D eigenvalue weighted by Crippen LogP contribution is 2.46. The van der Waals surface area contributed by atoms with Crippen molar-refractivity contribution < 1.29 is 8.83 Å². The first-order valence-electron chi connectivity index (χ1n) is 16.0. The van der Waals surface area contributed by atoms with Crippen molar-refractivity contribution in [1.29, 1.82) is 0 Å². The van der Waals surface area contributed by atoms with Crippen molar-refractivity contribution >= 4 is 81.6 Å². The van der Waals surface area contributed by atoms with Crippen molar-refractivity contribution in [3.63, 3.8) is 0 Å². The van der Waals surface area contributed by atoms with Gasteiger partial charge in [-0.2, -0.15) is 0 Å². The van der Waals surface area contributed by atoms with Gasteiger partial charge in [0.1, 0.15) is 16.7 Å². The van der Waals surface area contributed by atoms with Gasteiger partial charge in [0.2, 0.25) is 5.89 Å². The van der Waals surface area contributed by atoms with Crippen molar-refractivity contribution in [2.24, 2.45) is 0 Å². The zero-order chi connectivity index (χ0) is 31.6. The molecule has 0 N–H and O–H groups in total. The zero-order valence-electron chi connectivity index (χ0n) is 25.6. The van der Waals surface area contributed by atoms with Crippen molar-refractivity contribution in [2.45, 2.75) is 0 Å². The van der Waals surface area contributed by atoms with Crippen LogP contribution in [0.25, 0.3) is 75.8 Å². The number of hydrogen-bond acceptors (Lipinski definition) is 5. The van der Waals surface area contributed by atoms with E-state index in [2.05, 4.69) is 126 Å². The first-order chi connectivity index (χ1) is 23.8. The molecule has 226 valence electrons. The van der Waals surface area contributed by atoms with Crippen molar-refractivity contribution in [3.8, 4) is 22.6 Å². The van der Waals surface area contributed by atoms with Crippen LogP contribution < -0.4 is 4.90 Å². The fourth-order valence-electron chi connectivity index (χ4n) is 6.93. The first-order valence-corrected chi connectivity index (χ1v) is 16.8. The fraction of sp³-hybridized carbons (Fsp3) is 0. The van der Waals surface area contributed by atoms with Gasteiger partial charge in [0.15, 0.2) is 5.58 Å². The number of anilines is 3. The highest BCUT2D eigenvalue weighted by molar-refractivity contribution is 7.26. The number of furan rings is 1. The molecule has 0 atom stereocenters. The number of rotatable bonds is 5. The second kappa shape index (κ2) is 10.7. The molecule has 7 aromatic carbocycles. The molecule has 0 fully saturated rings. The number of benzene rings is 7. The van der Waals surface area contributed by atoms with Crippen LogP contribution >= 0.6 is 11.3 Å². The van der Waals surface area contributed by atoms with Gasteiger partial charge in [-0.15, -0.1) is 11.3 Å². The smallest absolute Gasteiger partial charge is 0.227 e. The maximum Gasteiger partial charge on any atom is 0.227 e. The summed E-state index contributed by atoms with van der Waals surface area (Å²) in [5.41, 5.74) is 9.99. The van der Waals surface area contributed by atoms with E-state index in [9.17, 15) is 0 Å². The second-order valence-corrected chi connectivity index (χ2v) is 13.0. The second-order valence-electron chi connectivity index (χ2n) is 11.9. The molecule has 48 heavy (non-hydrogen) atoms. The summed E-state index contributed by atoms with van der Waals surface area (Å²) < 4.78 is 14.9. The van der Waals surface area contributed by atoms with Crippen LogP contribution in [0.15, 0.2) is 167 Å². The topological polar surface area (TPSA) is 42.4 Å². The van der Waals surface area contributed by atoms with E-state index >= 15 is 0 Å². The zero-order valence-corrected chi connectivity index (χ0v) is 26.4. The van der Waals surface area contributed by atoms with E-state index in [1.165, 1.54) is 20.3 Å². The molecule has 0 unspecified atom stereocenters. The maximum atomic E-state index is 6.25. The number of aromatic nitrogens is 1. The molecule has 10 rings (SSSR count). The molecule has 0 aliphatic heterocycles. The Hall–Kier alpha value is -6.17. The van der Waals surface area contributed by atoms with Crippen LogP contribution in [0.5, 0.6) is 0 Å². The van der Waals surface area contributed by atoms with Gasteiger partial charge in [-0.3, -0.25) is 0 Å². The van der Waals surface area contributed by atoms with E-state index in [4.69, 9.17) is 13.8 Å². The van der Waals surface area contributed by atoms with E-state index in [0.29, 0.717) is 5.89 Å². The molecule has 0 radical (unpaired) electrons. The monoisotopic (exact) mass is 634 g/mol. The average Bonchev–Trinajstić information content (AvgIpc) is 3.85. The maximum absolute atomic E-state index is 6.25. The summed E-state index contributed by atoms with van der Waals surface area (Å²) in [7, 11) is 0. The summed E-state index contributed by atoms with van der Waals surface area (Å²) in [6.07, 6.45) is 0. The van der Waals surface area contributed by atoms with Gasteiger partial charge >= 0.3 is 0 Å². The van der Waals surface area contributed by atoms with E-state index in [1.54, 1.807) is 11.3 Å². The lowest BCUT2D eigenvalue weighted by Crippen LogP contribution is -2.11. The fourth-order valence-corrected chi connectivity index (χ4v) is 8.10. The number of fused-ring (bicyclic) bond motifs is 7. The van der Waals surface area contributed by atoms with Gasteiger partial charge in [0.25, 0.3) is 0 Å². The molecular weight excluding hydrogens is 609 g/mol. The number of para-hydroxylation sites is 4. The molecule has 0 aliphatic carbocycles. The van der Waals surface area contributed by atoms with E-state index in [0.717, 1.165) is 66.6 Å². The van der Waals surface area contributed by atoms with Crippen molar-refractivity contribution in [3.05, 3.63) is 158 Å². The molecule has 3 aromatic heterocycles. The Morgan fingerprint density at radius 1 is 0.479 bits per heavy atom. The lowest BCUT2D eigenvalue weighted by atomic mass is 10.0. The normalized spacial score (nSPS) is 11.8. The molecule has 0 spiro atoms. The predicted octanol–water partition coefficient (Wildman–Crippen LogP) is 12.9. The van der Waals surface area contributed by atoms with Crippen LogP contribution in [-0.4, -0.2) is 4.98 Å². The highest BCUT2D eigenvalue weighted by atomic mass is 32.1. The van der Waals surface area contributed by atoms with Gasteiger partial charge in [0.05, 0.1) is 5.69 Å². The first kappa shape index (κ1) is 27.0. The SMILES string of the molecule is c1ccc(-c2ccccc2N(c2ccc3c(c2)sc2cccc(-c4nc5ccccc5o4)c23)c2ccc3oc4ccccc4c3c2)cc1. The third-order valence-corrected chi connectivity index (χ3v) is 10.2. The van der Waals surface area contributed by atoms with E-state index < -0.39 is 0 Å². The quantitative estimate of drug-likeness (QED) is 0.189. The molecule has 0 saturated heterocycles.